The minimum absolute atomic E-state index is 0.283. The van der Waals surface area contributed by atoms with Crippen molar-refractivity contribution in [3.63, 3.8) is 0 Å². The lowest BCUT2D eigenvalue weighted by atomic mass is 9.97. The fraction of sp³-hybridized carbons (Fsp3) is 0.118. The lowest BCUT2D eigenvalue weighted by molar-refractivity contribution is 0.476. The Morgan fingerprint density at radius 1 is 1.00 bits per heavy atom. The zero-order valence-corrected chi connectivity index (χ0v) is 11.4. The Bertz CT molecular complexity index is 983. The molecule has 3 nitrogen and oxygen atoms in total. The molecule has 0 spiro atoms. The summed E-state index contributed by atoms with van der Waals surface area (Å²) < 4.78 is 0. The molecular weight excluding hydrogens is 248 g/mol. The van der Waals surface area contributed by atoms with Gasteiger partial charge in [0.05, 0.1) is 11.0 Å². The van der Waals surface area contributed by atoms with E-state index in [0.717, 1.165) is 16.4 Å². The van der Waals surface area contributed by atoms with E-state index >= 15 is 0 Å². The number of hydrogen-bond acceptors (Lipinski definition) is 2. The zero-order chi connectivity index (χ0) is 13.9. The summed E-state index contributed by atoms with van der Waals surface area (Å²) in [5, 5.41) is 14.4. The monoisotopic (exact) mass is 262 g/mol. The normalized spacial score (nSPS) is 11.7. The Morgan fingerprint density at radius 3 is 2.70 bits per heavy atom. The smallest absolute Gasteiger partial charge is 0.117 e. The van der Waals surface area contributed by atoms with Crippen LogP contribution in [-0.4, -0.2) is 15.1 Å². The predicted octanol–water partition coefficient (Wildman–Crippen LogP) is 4.19. The van der Waals surface area contributed by atoms with Gasteiger partial charge in [-0.05, 0) is 48.6 Å². The second-order valence-corrected chi connectivity index (χ2v) is 5.28. The average Bonchev–Trinajstić information content (AvgIpc) is 2.83. The largest absolute Gasteiger partial charge is 0.508 e. The number of H-pyrrole nitrogens is 1. The molecule has 2 heterocycles. The summed E-state index contributed by atoms with van der Waals surface area (Å²) >= 11 is 0. The molecule has 2 aromatic carbocycles. The number of aromatic hydroxyl groups is 1. The quantitative estimate of drug-likeness (QED) is 0.499. The number of aromatic amines is 1. The molecular formula is C17H14N2O. The van der Waals surface area contributed by atoms with Gasteiger partial charge in [0.15, 0.2) is 0 Å². The van der Waals surface area contributed by atoms with Crippen molar-refractivity contribution in [3.05, 3.63) is 47.8 Å². The Hall–Kier alpha value is -2.55. The Kier molecular flexibility index (Phi) is 2.11. The number of benzene rings is 2. The van der Waals surface area contributed by atoms with E-state index in [0.29, 0.717) is 0 Å². The second kappa shape index (κ2) is 3.73. The van der Waals surface area contributed by atoms with E-state index in [1.54, 1.807) is 12.1 Å². The summed E-state index contributed by atoms with van der Waals surface area (Å²) in [6, 6.07) is 7.53. The number of pyridine rings is 1. The molecule has 0 aliphatic heterocycles. The molecule has 3 heteroatoms. The van der Waals surface area contributed by atoms with Gasteiger partial charge in [0, 0.05) is 34.6 Å². The Balaban J connectivity index is 2.35. The first-order chi connectivity index (χ1) is 9.66. The van der Waals surface area contributed by atoms with Crippen molar-refractivity contribution in [2.75, 3.05) is 0 Å². The molecule has 0 unspecified atom stereocenters. The molecule has 20 heavy (non-hydrogen) atoms. The van der Waals surface area contributed by atoms with Crippen molar-refractivity contribution in [1.29, 1.82) is 0 Å². The van der Waals surface area contributed by atoms with Gasteiger partial charge in [-0.25, -0.2) is 0 Å². The summed E-state index contributed by atoms with van der Waals surface area (Å²) in [5.41, 5.74) is 4.56. The maximum atomic E-state index is 9.65. The maximum Gasteiger partial charge on any atom is 0.117 e. The number of aromatic nitrogens is 2. The fourth-order valence-corrected chi connectivity index (χ4v) is 3.15. The summed E-state index contributed by atoms with van der Waals surface area (Å²) in [4.78, 5) is 7.69. The van der Waals surface area contributed by atoms with Gasteiger partial charge in [0.25, 0.3) is 0 Å². The summed E-state index contributed by atoms with van der Waals surface area (Å²) in [6.45, 7) is 4.26. The molecule has 2 aromatic heterocycles. The first-order valence-electron chi connectivity index (χ1n) is 6.64. The van der Waals surface area contributed by atoms with E-state index in [9.17, 15) is 5.11 Å². The highest BCUT2D eigenvalue weighted by Gasteiger charge is 2.13. The molecule has 0 saturated heterocycles. The van der Waals surface area contributed by atoms with Crippen molar-refractivity contribution >= 4 is 32.6 Å². The van der Waals surface area contributed by atoms with Crippen LogP contribution in [0.4, 0.5) is 0 Å². The molecule has 4 rings (SSSR count). The third-order valence-corrected chi connectivity index (χ3v) is 4.16. The van der Waals surface area contributed by atoms with Gasteiger partial charge in [-0.2, -0.15) is 0 Å². The molecule has 0 bridgehead atoms. The number of nitrogens with zero attached hydrogens (tertiary/aromatic N) is 1. The van der Waals surface area contributed by atoms with Gasteiger partial charge in [-0.15, -0.1) is 0 Å². The summed E-state index contributed by atoms with van der Waals surface area (Å²) in [7, 11) is 0. The van der Waals surface area contributed by atoms with Crippen LogP contribution in [0.5, 0.6) is 5.75 Å². The van der Waals surface area contributed by atoms with Gasteiger partial charge in [-0.1, -0.05) is 0 Å². The minimum Gasteiger partial charge on any atom is -0.508 e. The number of phenolic OH excluding ortho intramolecular Hbond substituents is 1. The fourth-order valence-electron chi connectivity index (χ4n) is 3.15. The molecule has 4 aromatic rings. The van der Waals surface area contributed by atoms with Gasteiger partial charge < -0.3 is 10.1 Å². The number of phenols is 1. The zero-order valence-electron chi connectivity index (χ0n) is 11.4. The summed E-state index contributed by atoms with van der Waals surface area (Å²) in [6.07, 6.45) is 3.76. The summed E-state index contributed by atoms with van der Waals surface area (Å²) in [5.74, 6) is 0.283. The molecule has 98 valence electrons. The Labute approximate surface area is 115 Å². The molecule has 0 atom stereocenters. The SMILES string of the molecule is Cc1c2ccncc2c(C)c2c1[nH]c1cc(O)ccc12. The van der Waals surface area contributed by atoms with Crippen molar-refractivity contribution in [2.24, 2.45) is 0 Å². The molecule has 0 aliphatic carbocycles. The van der Waals surface area contributed by atoms with E-state index in [4.69, 9.17) is 0 Å². The van der Waals surface area contributed by atoms with Gasteiger partial charge in [0.2, 0.25) is 0 Å². The molecule has 0 fully saturated rings. The van der Waals surface area contributed by atoms with E-state index in [-0.39, 0.29) is 5.75 Å². The van der Waals surface area contributed by atoms with Crippen LogP contribution < -0.4 is 0 Å². The van der Waals surface area contributed by atoms with Crippen molar-refractivity contribution in [3.8, 4) is 5.75 Å². The third-order valence-electron chi connectivity index (χ3n) is 4.16. The van der Waals surface area contributed by atoms with Crippen LogP contribution in [0.25, 0.3) is 32.6 Å². The van der Waals surface area contributed by atoms with Crippen molar-refractivity contribution in [1.82, 2.24) is 9.97 Å². The first kappa shape index (κ1) is 11.3. The first-order valence-corrected chi connectivity index (χ1v) is 6.64. The van der Waals surface area contributed by atoms with Gasteiger partial charge in [0.1, 0.15) is 5.75 Å². The lowest BCUT2D eigenvalue weighted by Gasteiger charge is -2.08. The van der Waals surface area contributed by atoms with E-state index in [1.807, 2.05) is 18.5 Å². The van der Waals surface area contributed by atoms with Crippen molar-refractivity contribution < 1.29 is 5.11 Å². The topological polar surface area (TPSA) is 48.9 Å². The maximum absolute atomic E-state index is 9.65. The highest BCUT2D eigenvalue weighted by Crippen LogP contribution is 2.36. The lowest BCUT2D eigenvalue weighted by Crippen LogP contribution is -1.87. The van der Waals surface area contributed by atoms with E-state index in [1.165, 1.54) is 27.3 Å². The molecule has 2 N–H and O–H groups in total. The van der Waals surface area contributed by atoms with Gasteiger partial charge >= 0.3 is 0 Å². The van der Waals surface area contributed by atoms with Crippen LogP contribution in [0, 0.1) is 13.8 Å². The number of fused-ring (bicyclic) bond motifs is 4. The molecule has 0 aliphatic rings. The highest BCUT2D eigenvalue weighted by molar-refractivity contribution is 6.16. The van der Waals surface area contributed by atoms with Crippen LogP contribution in [-0.2, 0) is 0 Å². The number of nitrogens with one attached hydrogen (secondary N) is 1. The Morgan fingerprint density at radius 2 is 1.85 bits per heavy atom. The third kappa shape index (κ3) is 1.32. The molecule has 0 amide bonds. The number of hydrogen-bond donors (Lipinski definition) is 2. The van der Waals surface area contributed by atoms with Crippen molar-refractivity contribution in [2.45, 2.75) is 13.8 Å². The van der Waals surface area contributed by atoms with Crippen LogP contribution in [0.3, 0.4) is 0 Å². The van der Waals surface area contributed by atoms with E-state index in [2.05, 4.69) is 29.9 Å². The highest BCUT2D eigenvalue weighted by atomic mass is 16.3. The predicted molar refractivity (Wildman–Crippen MR) is 82.2 cm³/mol. The van der Waals surface area contributed by atoms with Crippen LogP contribution in [0.2, 0.25) is 0 Å². The van der Waals surface area contributed by atoms with Crippen LogP contribution in [0.1, 0.15) is 11.1 Å². The number of rotatable bonds is 0. The molecule has 0 saturated carbocycles. The minimum atomic E-state index is 0.283. The van der Waals surface area contributed by atoms with Crippen LogP contribution in [0.15, 0.2) is 36.7 Å². The molecule has 0 radical (unpaired) electrons. The standard InChI is InChI=1S/C17H14N2O/c1-9-14-8-18-6-5-12(14)10(2)17-16(9)13-4-3-11(20)7-15(13)19-17/h3-8,19-20H,1-2H3. The second-order valence-electron chi connectivity index (χ2n) is 5.28. The van der Waals surface area contributed by atoms with Gasteiger partial charge in [-0.3, -0.25) is 4.98 Å². The average molecular weight is 262 g/mol. The van der Waals surface area contributed by atoms with Crippen LogP contribution >= 0.6 is 0 Å². The van der Waals surface area contributed by atoms with E-state index < -0.39 is 0 Å². The number of aryl methyl sites for hydroxylation is 2.